The molecular formula is C6H17N3. The summed E-state index contributed by atoms with van der Waals surface area (Å²) in [5, 5.41) is 4.07. The van der Waals surface area contributed by atoms with E-state index >= 15 is 0 Å². The van der Waals surface area contributed by atoms with Crippen LogP contribution in [0.2, 0.25) is 0 Å². The zero-order valence-corrected chi connectivity index (χ0v) is 6.76. The Labute approximate surface area is 57.4 Å². The largest absolute Gasteiger partial charge is 0.317 e. The smallest absolute Gasteiger partial charge is 0.0600 e. The van der Waals surface area contributed by atoms with E-state index < -0.39 is 0 Å². The number of rotatable bonds is 3. The molecule has 0 aliphatic rings. The number of hydrazine groups is 1. The maximum Gasteiger partial charge on any atom is 0.0600 e. The normalized spacial score (nSPS) is 12.0. The van der Waals surface area contributed by atoms with E-state index in [1.165, 1.54) is 0 Å². The van der Waals surface area contributed by atoms with Gasteiger partial charge in [-0.25, -0.2) is 10.0 Å². The molecule has 0 amide bonds. The molecule has 3 nitrogen and oxygen atoms in total. The monoisotopic (exact) mass is 131 g/mol. The van der Waals surface area contributed by atoms with Gasteiger partial charge in [-0.15, -0.1) is 0 Å². The molecule has 0 unspecified atom stereocenters. The summed E-state index contributed by atoms with van der Waals surface area (Å²) in [5.74, 6) is 0. The predicted octanol–water partition coefficient (Wildman–Crippen LogP) is 0.0896. The van der Waals surface area contributed by atoms with Crippen LogP contribution in [-0.2, 0) is 0 Å². The number of hydrogen-bond acceptors (Lipinski definition) is 3. The lowest BCUT2D eigenvalue weighted by molar-refractivity contribution is -0.00277. The van der Waals surface area contributed by atoms with Crippen LogP contribution in [0.1, 0.15) is 13.8 Å². The summed E-state index contributed by atoms with van der Waals surface area (Å²) in [4.78, 5) is 0. The third kappa shape index (κ3) is 2.79. The Bertz CT molecular complexity index is 62.7. The van der Waals surface area contributed by atoms with Crippen LogP contribution in [0.4, 0.5) is 0 Å². The highest BCUT2D eigenvalue weighted by molar-refractivity contribution is 4.52. The number of hydrogen-bond donors (Lipinski definition) is 1. The van der Waals surface area contributed by atoms with Crippen LogP contribution in [0.5, 0.6) is 0 Å². The molecule has 0 fully saturated rings. The van der Waals surface area contributed by atoms with Crippen molar-refractivity contribution in [3.8, 4) is 0 Å². The minimum atomic E-state index is 0.491. The van der Waals surface area contributed by atoms with Crippen molar-refractivity contribution < 1.29 is 0 Å². The fourth-order valence-electron chi connectivity index (χ4n) is 0.836. The summed E-state index contributed by atoms with van der Waals surface area (Å²) in [6.45, 7) is 4.82. The van der Waals surface area contributed by atoms with Crippen LogP contribution in [0, 0.1) is 0 Å². The lowest BCUT2D eigenvalue weighted by Crippen LogP contribution is -2.45. The molecule has 56 valence electrons. The van der Waals surface area contributed by atoms with Gasteiger partial charge in [0, 0.05) is 20.1 Å². The molecule has 0 aliphatic carbocycles. The van der Waals surface area contributed by atoms with Gasteiger partial charge in [-0.2, -0.15) is 0 Å². The Balaban J connectivity index is 3.68. The molecule has 0 aromatic carbocycles. The van der Waals surface area contributed by atoms with Crippen LogP contribution in [0.15, 0.2) is 0 Å². The van der Waals surface area contributed by atoms with Crippen molar-refractivity contribution >= 4 is 0 Å². The molecule has 0 bridgehead atoms. The third-order valence-electron chi connectivity index (χ3n) is 1.30. The van der Waals surface area contributed by atoms with Gasteiger partial charge >= 0.3 is 0 Å². The van der Waals surface area contributed by atoms with E-state index in [-0.39, 0.29) is 0 Å². The second-order valence-electron chi connectivity index (χ2n) is 2.56. The van der Waals surface area contributed by atoms with E-state index in [2.05, 4.69) is 18.9 Å². The highest BCUT2D eigenvalue weighted by Gasteiger charge is 2.07. The summed E-state index contributed by atoms with van der Waals surface area (Å²) in [7, 11) is 3.99. The zero-order chi connectivity index (χ0) is 7.44. The van der Waals surface area contributed by atoms with Crippen LogP contribution >= 0.6 is 0 Å². The molecule has 0 spiro atoms. The van der Waals surface area contributed by atoms with Crippen LogP contribution in [0.3, 0.4) is 0 Å². The van der Waals surface area contributed by atoms with Crippen LogP contribution in [-0.4, -0.2) is 36.8 Å². The third-order valence-corrected chi connectivity index (χ3v) is 1.30. The molecule has 0 saturated heterocycles. The lowest BCUT2D eigenvalue weighted by atomic mass is 10.4. The van der Waals surface area contributed by atoms with Crippen molar-refractivity contribution in [3.63, 3.8) is 0 Å². The molecule has 0 atom stereocenters. The second kappa shape index (κ2) is 3.82. The topological polar surface area (TPSA) is 32.5 Å². The van der Waals surface area contributed by atoms with Crippen molar-refractivity contribution in [2.45, 2.75) is 19.9 Å². The first-order chi connectivity index (χ1) is 4.09. The Kier molecular flexibility index (Phi) is 3.77. The average molecular weight is 131 g/mol. The van der Waals surface area contributed by atoms with Crippen molar-refractivity contribution in [2.24, 2.45) is 5.73 Å². The molecule has 2 N–H and O–H groups in total. The molecule has 3 heteroatoms. The van der Waals surface area contributed by atoms with Gasteiger partial charge in [0.05, 0.1) is 6.67 Å². The first-order valence-corrected chi connectivity index (χ1v) is 3.23. The molecule has 0 radical (unpaired) electrons. The van der Waals surface area contributed by atoms with Gasteiger partial charge in [0.15, 0.2) is 0 Å². The predicted molar refractivity (Wildman–Crippen MR) is 39.7 cm³/mol. The van der Waals surface area contributed by atoms with Crippen LogP contribution < -0.4 is 5.73 Å². The van der Waals surface area contributed by atoms with Gasteiger partial charge in [0.1, 0.15) is 0 Å². The Morgan fingerprint density at radius 2 is 1.78 bits per heavy atom. The number of nitrogens with two attached hydrogens (primary N) is 1. The molecule has 0 aromatic heterocycles. The molecule has 0 heterocycles. The molecule has 0 aliphatic heterocycles. The average Bonchev–Trinajstić information content (AvgIpc) is 1.64. The highest BCUT2D eigenvalue weighted by Crippen LogP contribution is 1.95. The summed E-state index contributed by atoms with van der Waals surface area (Å²) in [6.07, 6.45) is 0. The maximum atomic E-state index is 5.46. The number of nitrogens with zero attached hydrogens (tertiary/aromatic N) is 2. The van der Waals surface area contributed by atoms with Crippen molar-refractivity contribution in [1.29, 1.82) is 0 Å². The Morgan fingerprint density at radius 3 is 1.78 bits per heavy atom. The van der Waals surface area contributed by atoms with E-state index in [0.29, 0.717) is 12.7 Å². The summed E-state index contributed by atoms with van der Waals surface area (Å²) < 4.78 is 0. The van der Waals surface area contributed by atoms with Crippen LogP contribution in [0.25, 0.3) is 0 Å². The Morgan fingerprint density at radius 1 is 1.33 bits per heavy atom. The standard InChI is InChI=1S/C6H17N3/c1-6(2)9(5-7)8(3)4/h6H,5,7H2,1-4H3. The van der Waals surface area contributed by atoms with Gasteiger partial charge in [-0.3, -0.25) is 0 Å². The first-order valence-electron chi connectivity index (χ1n) is 3.23. The van der Waals surface area contributed by atoms with E-state index in [1.807, 2.05) is 19.1 Å². The molecule has 0 rings (SSSR count). The summed E-state index contributed by atoms with van der Waals surface area (Å²) >= 11 is 0. The fraction of sp³-hybridized carbons (Fsp3) is 1.00. The Hall–Kier alpha value is -0.120. The quantitative estimate of drug-likeness (QED) is 0.435. The first kappa shape index (κ1) is 8.88. The van der Waals surface area contributed by atoms with E-state index in [1.54, 1.807) is 0 Å². The van der Waals surface area contributed by atoms with Crippen molar-refractivity contribution in [3.05, 3.63) is 0 Å². The molecular weight excluding hydrogens is 114 g/mol. The van der Waals surface area contributed by atoms with Crippen molar-refractivity contribution in [1.82, 2.24) is 10.0 Å². The fourth-order valence-corrected chi connectivity index (χ4v) is 0.836. The molecule has 9 heavy (non-hydrogen) atoms. The van der Waals surface area contributed by atoms with Gasteiger partial charge in [0.2, 0.25) is 0 Å². The van der Waals surface area contributed by atoms with Gasteiger partial charge in [0.25, 0.3) is 0 Å². The minimum absolute atomic E-state index is 0.491. The van der Waals surface area contributed by atoms with Crippen molar-refractivity contribution in [2.75, 3.05) is 20.8 Å². The SMILES string of the molecule is CC(C)N(CN)N(C)C. The van der Waals surface area contributed by atoms with E-state index in [0.717, 1.165) is 0 Å². The summed E-state index contributed by atoms with van der Waals surface area (Å²) in [6, 6.07) is 0.491. The molecule has 0 saturated carbocycles. The zero-order valence-electron chi connectivity index (χ0n) is 6.76. The molecule has 0 aromatic rings. The maximum absolute atomic E-state index is 5.46. The summed E-state index contributed by atoms with van der Waals surface area (Å²) in [5.41, 5.74) is 5.46. The second-order valence-corrected chi connectivity index (χ2v) is 2.56. The van der Waals surface area contributed by atoms with Gasteiger partial charge in [-0.05, 0) is 13.8 Å². The van der Waals surface area contributed by atoms with Gasteiger partial charge < -0.3 is 5.73 Å². The highest BCUT2D eigenvalue weighted by atomic mass is 15.6. The van der Waals surface area contributed by atoms with E-state index in [4.69, 9.17) is 5.73 Å². The lowest BCUT2D eigenvalue weighted by Gasteiger charge is -2.30. The van der Waals surface area contributed by atoms with E-state index in [9.17, 15) is 0 Å². The minimum Gasteiger partial charge on any atom is -0.317 e. The van der Waals surface area contributed by atoms with Gasteiger partial charge in [-0.1, -0.05) is 0 Å².